The minimum Gasteiger partial charge on any atom is -0.456 e. The summed E-state index contributed by atoms with van der Waals surface area (Å²) in [4.78, 5) is 9.45. The van der Waals surface area contributed by atoms with Crippen molar-refractivity contribution >= 4 is 187 Å². The highest BCUT2D eigenvalue weighted by atomic mass is 32.1. The second-order valence-electron chi connectivity index (χ2n) is 31.5. The molecule has 0 atom stereocenters. The molecule has 24 rings (SSSR count). The lowest BCUT2D eigenvalue weighted by molar-refractivity contribution is 0.668. The van der Waals surface area contributed by atoms with E-state index in [0.29, 0.717) is 0 Å². The summed E-state index contributed by atoms with van der Waals surface area (Å²) >= 11 is 1.86. The minimum absolute atomic E-state index is 0.836. The van der Waals surface area contributed by atoms with Gasteiger partial charge in [-0.3, -0.25) is 0 Å². The van der Waals surface area contributed by atoms with E-state index in [0.717, 1.165) is 167 Å². The first-order valence-corrected chi connectivity index (χ1v) is 42.8. The number of rotatable bonds is 16. The van der Waals surface area contributed by atoms with Crippen molar-refractivity contribution in [3.63, 3.8) is 0 Å². The number of nitrogens with zero attached hydrogens (tertiary/aromatic N) is 4. The zero-order chi connectivity index (χ0) is 82.0. The van der Waals surface area contributed by atoms with Crippen LogP contribution in [0.4, 0.5) is 68.2 Å². The molecule has 0 spiro atoms. The maximum absolute atomic E-state index is 6.48. The molecule has 124 heavy (non-hydrogen) atoms. The fourth-order valence-electron chi connectivity index (χ4n) is 18.2. The van der Waals surface area contributed by atoms with Gasteiger partial charge in [0.1, 0.15) is 33.5 Å². The molecule has 0 aliphatic rings. The van der Waals surface area contributed by atoms with Crippen LogP contribution in [0.3, 0.4) is 0 Å². The van der Waals surface area contributed by atoms with Gasteiger partial charge in [0.15, 0.2) is 0 Å². The topological polar surface area (TPSA) is 52.4 Å². The first kappa shape index (κ1) is 72.9. The third-order valence-corrected chi connectivity index (χ3v) is 25.1. The van der Waals surface area contributed by atoms with Gasteiger partial charge in [0, 0.05) is 133 Å². The van der Waals surface area contributed by atoms with E-state index in [1.165, 1.54) is 52.8 Å². The van der Waals surface area contributed by atoms with Crippen LogP contribution in [0, 0.1) is 0 Å². The molecule has 4 aromatic heterocycles. The van der Waals surface area contributed by atoms with Crippen LogP contribution in [0.5, 0.6) is 0 Å². The van der Waals surface area contributed by atoms with Gasteiger partial charge in [-0.1, -0.05) is 273 Å². The van der Waals surface area contributed by atoms with Gasteiger partial charge in [-0.25, -0.2) is 0 Å². The molecule has 20 aromatic carbocycles. The summed E-state index contributed by atoms with van der Waals surface area (Å²) in [7, 11) is 0. The Labute approximate surface area is 720 Å². The Morgan fingerprint density at radius 1 is 0.145 bits per heavy atom. The molecule has 7 nitrogen and oxygen atoms in total. The number of hydrogen-bond donors (Lipinski definition) is 0. The van der Waals surface area contributed by atoms with E-state index in [1.807, 2.05) is 47.7 Å². The maximum Gasteiger partial charge on any atom is 0.137 e. The van der Waals surface area contributed by atoms with Gasteiger partial charge in [-0.2, -0.15) is 0 Å². The second kappa shape index (κ2) is 31.1. The molecule has 0 bridgehead atoms. The monoisotopic (exact) mass is 1600 g/mol. The van der Waals surface area contributed by atoms with Crippen molar-refractivity contribution in [2.24, 2.45) is 0 Å². The lowest BCUT2D eigenvalue weighted by atomic mass is 9.96. The van der Waals surface area contributed by atoms with Gasteiger partial charge in [-0.05, 0) is 237 Å². The standard InChI is InChI=1S/C60H38N2O3.C56H38N2S/c1-3-13-43(14-4-1)61(45-28-31-53-50-18-8-11-21-56(50)64-59(53)37-45)47-33-42(40-25-23-39(24-26-40)41-27-30-52-49-17-7-10-20-55(49)63-58(52)35-41)34-48(36-47)62(44-15-5-2-6-16-44)46-29-32-54-51-19-9-12-22-57(51)65-60(54)38-46;1-4-20-44(21-5-1)57(45-22-6-2-7-23-45)47-34-43(40-19-16-18-39(33-40)41-31-32-53-52-29-14-15-30-55(52)59-56(53)37-41)35-48(38-47)58(46-24-8-3-9-25-46)54-36-42-17-10-11-26-49(42)50-27-12-13-28-51(50)54/h1-38H;1-38H. The molecule has 0 amide bonds. The van der Waals surface area contributed by atoms with Crippen molar-refractivity contribution in [1.29, 1.82) is 0 Å². The maximum atomic E-state index is 6.48. The van der Waals surface area contributed by atoms with Crippen LogP contribution in [0.2, 0.25) is 0 Å². The molecule has 8 heteroatoms. The summed E-state index contributed by atoms with van der Waals surface area (Å²) in [6.07, 6.45) is 0. The lowest BCUT2D eigenvalue weighted by Gasteiger charge is -2.31. The Morgan fingerprint density at radius 3 is 0.968 bits per heavy atom. The first-order chi connectivity index (χ1) is 61.4. The van der Waals surface area contributed by atoms with Crippen LogP contribution in [0.25, 0.3) is 152 Å². The Bertz CT molecular complexity index is 7930. The molecular weight excluding hydrogens is 1530 g/mol. The fourth-order valence-corrected chi connectivity index (χ4v) is 19.3. The van der Waals surface area contributed by atoms with E-state index in [4.69, 9.17) is 13.3 Å². The van der Waals surface area contributed by atoms with Gasteiger partial charge in [-0.15, -0.1) is 11.3 Å². The number of anilines is 12. The lowest BCUT2D eigenvalue weighted by Crippen LogP contribution is -2.14. The number of furan rings is 3. The molecule has 0 fully saturated rings. The zero-order valence-corrected chi connectivity index (χ0v) is 68.1. The molecule has 0 unspecified atom stereocenters. The van der Waals surface area contributed by atoms with E-state index in [1.54, 1.807) is 0 Å². The van der Waals surface area contributed by atoms with Crippen molar-refractivity contribution in [2.45, 2.75) is 0 Å². The second-order valence-corrected chi connectivity index (χ2v) is 32.6. The van der Waals surface area contributed by atoms with Gasteiger partial charge < -0.3 is 32.9 Å². The zero-order valence-electron chi connectivity index (χ0n) is 67.3. The molecule has 0 aliphatic carbocycles. The molecule has 584 valence electrons. The van der Waals surface area contributed by atoms with E-state index in [-0.39, 0.29) is 0 Å². The summed E-state index contributed by atoms with van der Waals surface area (Å²) in [6, 6.07) is 165. The molecule has 0 radical (unpaired) electrons. The highest BCUT2D eigenvalue weighted by Gasteiger charge is 2.26. The Balaban J connectivity index is 0.000000144. The number of thiophene rings is 1. The van der Waals surface area contributed by atoms with Crippen molar-refractivity contribution < 1.29 is 13.3 Å². The quantitative estimate of drug-likeness (QED) is 0.0894. The summed E-state index contributed by atoms with van der Waals surface area (Å²) in [5.41, 5.74) is 26.8. The van der Waals surface area contributed by atoms with Crippen molar-refractivity contribution in [2.75, 3.05) is 19.6 Å². The Kier molecular flexibility index (Phi) is 18.3. The molecule has 0 aliphatic heterocycles. The van der Waals surface area contributed by atoms with Crippen LogP contribution >= 0.6 is 11.3 Å². The highest BCUT2D eigenvalue weighted by molar-refractivity contribution is 7.25. The van der Waals surface area contributed by atoms with Gasteiger partial charge in [0.25, 0.3) is 0 Å². The molecule has 0 N–H and O–H groups in total. The number of fused-ring (bicyclic) bond motifs is 15. The van der Waals surface area contributed by atoms with Crippen LogP contribution in [-0.2, 0) is 0 Å². The molecule has 4 heterocycles. The van der Waals surface area contributed by atoms with Crippen molar-refractivity contribution in [3.05, 3.63) is 461 Å². The molecular formula is C116H76N4O3S. The van der Waals surface area contributed by atoms with Crippen molar-refractivity contribution in [3.8, 4) is 44.5 Å². The Morgan fingerprint density at radius 2 is 0.468 bits per heavy atom. The molecule has 24 aromatic rings. The molecule has 0 saturated carbocycles. The smallest absolute Gasteiger partial charge is 0.137 e. The minimum atomic E-state index is 0.836. The van der Waals surface area contributed by atoms with Crippen LogP contribution in [-0.4, -0.2) is 0 Å². The third kappa shape index (κ3) is 13.4. The summed E-state index contributed by atoms with van der Waals surface area (Å²) < 4.78 is 21.9. The average molecular weight is 1610 g/mol. The predicted octanol–water partition coefficient (Wildman–Crippen LogP) is 34.3. The van der Waals surface area contributed by atoms with E-state index >= 15 is 0 Å². The number of para-hydroxylation sites is 8. The average Bonchev–Trinajstić information content (AvgIpc) is 1.60. The van der Waals surface area contributed by atoms with E-state index in [2.05, 4.69) is 444 Å². The largest absolute Gasteiger partial charge is 0.456 e. The number of hydrogen-bond acceptors (Lipinski definition) is 8. The van der Waals surface area contributed by atoms with Gasteiger partial charge in [0.2, 0.25) is 0 Å². The SMILES string of the molecule is c1ccc(N(c2cc(-c3ccc(-c4ccc5c(c4)oc4ccccc45)cc3)cc(N(c3ccccc3)c3ccc4c(c3)oc3ccccc34)c2)c2ccc3c(c2)oc2ccccc23)cc1.c1ccc(N(c2ccccc2)c2cc(-c3cccc(-c4ccc5c(c4)sc4ccccc45)c3)cc(N(c3ccccc3)c3cc4ccccc4c4ccccc34)c2)cc1. The van der Waals surface area contributed by atoms with Gasteiger partial charge in [0.05, 0.1) is 5.69 Å². The number of benzene rings is 20. The first-order valence-electron chi connectivity index (χ1n) is 42.0. The third-order valence-electron chi connectivity index (χ3n) is 24.0. The van der Waals surface area contributed by atoms with E-state index < -0.39 is 0 Å². The summed E-state index contributed by atoms with van der Waals surface area (Å²) in [5, 5.41) is 14.1. The predicted molar refractivity (Wildman–Crippen MR) is 523 cm³/mol. The van der Waals surface area contributed by atoms with Crippen LogP contribution < -0.4 is 19.6 Å². The van der Waals surface area contributed by atoms with E-state index in [9.17, 15) is 0 Å². The summed E-state index contributed by atoms with van der Waals surface area (Å²) in [5.74, 6) is 0. The highest BCUT2D eigenvalue weighted by Crippen LogP contribution is 2.50. The Hall–Kier alpha value is -16.3. The normalized spacial score (nSPS) is 11.5. The molecule has 0 saturated heterocycles. The van der Waals surface area contributed by atoms with Crippen LogP contribution in [0.1, 0.15) is 0 Å². The van der Waals surface area contributed by atoms with Gasteiger partial charge >= 0.3 is 0 Å². The van der Waals surface area contributed by atoms with Crippen LogP contribution in [0.15, 0.2) is 474 Å². The van der Waals surface area contributed by atoms with Crippen molar-refractivity contribution in [1.82, 2.24) is 0 Å². The fraction of sp³-hybridized carbons (Fsp3) is 0. The summed E-state index contributed by atoms with van der Waals surface area (Å²) in [6.45, 7) is 0.